The van der Waals surface area contributed by atoms with Gasteiger partial charge in [0.15, 0.2) is 0 Å². The van der Waals surface area contributed by atoms with Gasteiger partial charge in [-0.15, -0.1) is 0 Å². The molecule has 1 aliphatic carbocycles. The second-order valence-corrected chi connectivity index (χ2v) is 9.84. The maximum atomic E-state index is 12.9. The standard InChI is InChI=1S/C18H27NO2S/c1-18(2,3)16-8-10-17(11-9-16)22(20,21)19-12-14-6-4-5-7-15(14)13-19/h8-11,14-15H,4-7,12-13H2,1-3H3. The Morgan fingerprint density at radius 1 is 0.955 bits per heavy atom. The molecule has 1 saturated heterocycles. The number of benzene rings is 1. The molecular formula is C18H27NO2S. The average molecular weight is 321 g/mol. The second kappa shape index (κ2) is 5.64. The summed E-state index contributed by atoms with van der Waals surface area (Å²) in [6, 6.07) is 7.46. The molecule has 0 N–H and O–H groups in total. The Morgan fingerprint density at radius 2 is 1.45 bits per heavy atom. The molecule has 2 atom stereocenters. The molecule has 3 nitrogen and oxygen atoms in total. The summed E-state index contributed by atoms with van der Waals surface area (Å²) < 4.78 is 27.5. The van der Waals surface area contributed by atoms with Gasteiger partial charge in [0.25, 0.3) is 0 Å². The molecule has 1 heterocycles. The SMILES string of the molecule is CC(C)(C)c1ccc(S(=O)(=O)N2CC3CCCCC3C2)cc1. The number of rotatable bonds is 2. The Kier molecular flexibility index (Phi) is 4.11. The Hall–Kier alpha value is -0.870. The number of nitrogens with zero attached hydrogens (tertiary/aromatic N) is 1. The fraction of sp³-hybridized carbons (Fsp3) is 0.667. The van der Waals surface area contributed by atoms with Gasteiger partial charge in [-0.2, -0.15) is 4.31 Å². The third-order valence-electron chi connectivity index (χ3n) is 5.30. The van der Waals surface area contributed by atoms with E-state index in [1.807, 2.05) is 12.1 Å². The fourth-order valence-corrected chi connectivity index (χ4v) is 5.39. The minimum atomic E-state index is -3.33. The summed E-state index contributed by atoms with van der Waals surface area (Å²) >= 11 is 0. The van der Waals surface area contributed by atoms with E-state index in [1.54, 1.807) is 16.4 Å². The Bertz CT molecular complexity index is 614. The summed E-state index contributed by atoms with van der Waals surface area (Å²) in [4.78, 5) is 0.444. The van der Waals surface area contributed by atoms with Crippen LogP contribution in [0.1, 0.15) is 52.0 Å². The summed E-state index contributed by atoms with van der Waals surface area (Å²) in [7, 11) is -3.33. The van der Waals surface area contributed by atoms with Crippen molar-refractivity contribution in [2.75, 3.05) is 13.1 Å². The van der Waals surface area contributed by atoms with Crippen LogP contribution >= 0.6 is 0 Å². The van der Waals surface area contributed by atoms with Gasteiger partial charge in [-0.05, 0) is 47.8 Å². The van der Waals surface area contributed by atoms with Crippen molar-refractivity contribution in [2.24, 2.45) is 11.8 Å². The molecule has 1 aromatic rings. The van der Waals surface area contributed by atoms with E-state index in [2.05, 4.69) is 20.8 Å². The minimum Gasteiger partial charge on any atom is -0.207 e. The molecule has 22 heavy (non-hydrogen) atoms. The average Bonchev–Trinajstić information content (AvgIpc) is 2.91. The quantitative estimate of drug-likeness (QED) is 0.831. The zero-order valence-corrected chi connectivity index (χ0v) is 14.7. The molecule has 2 unspecified atom stereocenters. The Balaban J connectivity index is 1.81. The monoisotopic (exact) mass is 321 g/mol. The Morgan fingerprint density at radius 3 is 1.91 bits per heavy atom. The van der Waals surface area contributed by atoms with E-state index in [-0.39, 0.29) is 5.41 Å². The molecule has 0 spiro atoms. The van der Waals surface area contributed by atoms with Crippen molar-refractivity contribution in [1.82, 2.24) is 4.31 Å². The molecule has 3 rings (SSSR count). The van der Waals surface area contributed by atoms with Crippen LogP contribution in [0, 0.1) is 11.8 Å². The van der Waals surface area contributed by atoms with Gasteiger partial charge in [-0.3, -0.25) is 0 Å². The van der Waals surface area contributed by atoms with Crippen molar-refractivity contribution in [3.8, 4) is 0 Å². The van der Waals surface area contributed by atoms with Gasteiger partial charge >= 0.3 is 0 Å². The first kappa shape index (κ1) is 16.0. The van der Waals surface area contributed by atoms with Gasteiger partial charge in [0.2, 0.25) is 10.0 Å². The third kappa shape index (κ3) is 2.95. The van der Waals surface area contributed by atoms with Crippen LogP contribution in [0.15, 0.2) is 29.2 Å². The maximum absolute atomic E-state index is 12.9. The second-order valence-electron chi connectivity index (χ2n) is 7.90. The van der Waals surface area contributed by atoms with E-state index in [4.69, 9.17) is 0 Å². The van der Waals surface area contributed by atoms with E-state index in [1.165, 1.54) is 31.2 Å². The molecule has 2 aliphatic rings. The molecule has 0 aromatic heterocycles. The van der Waals surface area contributed by atoms with Crippen LogP contribution in [0.3, 0.4) is 0 Å². The molecule has 0 bridgehead atoms. The fourth-order valence-electron chi connectivity index (χ4n) is 3.84. The maximum Gasteiger partial charge on any atom is 0.243 e. The zero-order chi connectivity index (χ0) is 16.0. The predicted molar refractivity (Wildman–Crippen MR) is 89.3 cm³/mol. The first-order valence-corrected chi connectivity index (χ1v) is 9.83. The highest BCUT2D eigenvalue weighted by Gasteiger charge is 2.40. The molecule has 1 saturated carbocycles. The topological polar surface area (TPSA) is 37.4 Å². The van der Waals surface area contributed by atoms with E-state index in [0.29, 0.717) is 29.8 Å². The summed E-state index contributed by atoms with van der Waals surface area (Å²) in [6.07, 6.45) is 4.91. The van der Waals surface area contributed by atoms with Crippen molar-refractivity contribution >= 4 is 10.0 Å². The first-order valence-electron chi connectivity index (χ1n) is 8.39. The van der Waals surface area contributed by atoms with E-state index in [9.17, 15) is 8.42 Å². The van der Waals surface area contributed by atoms with Gasteiger partial charge in [-0.1, -0.05) is 45.7 Å². The molecule has 0 radical (unpaired) electrons. The molecule has 4 heteroatoms. The lowest BCUT2D eigenvalue weighted by molar-refractivity contribution is 0.299. The van der Waals surface area contributed by atoms with Crippen molar-refractivity contribution in [1.29, 1.82) is 0 Å². The van der Waals surface area contributed by atoms with Crippen LogP contribution in [0.25, 0.3) is 0 Å². The van der Waals surface area contributed by atoms with Crippen molar-refractivity contribution in [3.05, 3.63) is 29.8 Å². The lowest BCUT2D eigenvalue weighted by Crippen LogP contribution is -2.29. The lowest BCUT2D eigenvalue weighted by atomic mass is 9.82. The number of fused-ring (bicyclic) bond motifs is 1. The van der Waals surface area contributed by atoms with E-state index < -0.39 is 10.0 Å². The van der Waals surface area contributed by atoms with Gasteiger partial charge in [0.1, 0.15) is 0 Å². The number of hydrogen-bond donors (Lipinski definition) is 0. The van der Waals surface area contributed by atoms with Crippen LogP contribution in [0.2, 0.25) is 0 Å². The summed E-state index contributed by atoms with van der Waals surface area (Å²) in [5.74, 6) is 1.16. The Labute approximate surface area is 134 Å². The van der Waals surface area contributed by atoms with Crippen molar-refractivity contribution < 1.29 is 8.42 Å². The van der Waals surface area contributed by atoms with Crippen LogP contribution in [0.4, 0.5) is 0 Å². The third-order valence-corrected chi connectivity index (χ3v) is 7.15. The first-order chi connectivity index (χ1) is 10.3. The highest BCUT2D eigenvalue weighted by Crippen LogP contribution is 2.38. The molecule has 122 valence electrons. The van der Waals surface area contributed by atoms with Crippen molar-refractivity contribution in [2.45, 2.75) is 56.8 Å². The summed E-state index contributed by atoms with van der Waals surface area (Å²) in [5.41, 5.74) is 1.21. The van der Waals surface area contributed by atoms with Gasteiger partial charge < -0.3 is 0 Å². The normalized spacial score (nSPS) is 26.9. The van der Waals surface area contributed by atoms with E-state index >= 15 is 0 Å². The van der Waals surface area contributed by atoms with Crippen molar-refractivity contribution in [3.63, 3.8) is 0 Å². The molecule has 2 fully saturated rings. The molecule has 1 aliphatic heterocycles. The largest absolute Gasteiger partial charge is 0.243 e. The molecule has 1 aromatic carbocycles. The van der Waals surface area contributed by atoms with Gasteiger partial charge in [0.05, 0.1) is 4.90 Å². The van der Waals surface area contributed by atoms with Crippen LogP contribution in [-0.4, -0.2) is 25.8 Å². The summed E-state index contributed by atoms with van der Waals surface area (Å²) in [5, 5.41) is 0. The lowest BCUT2D eigenvalue weighted by Gasteiger charge is -2.22. The highest BCUT2D eigenvalue weighted by molar-refractivity contribution is 7.89. The van der Waals surface area contributed by atoms with Crippen LogP contribution < -0.4 is 0 Å². The summed E-state index contributed by atoms with van der Waals surface area (Å²) in [6.45, 7) is 7.85. The van der Waals surface area contributed by atoms with Gasteiger partial charge in [-0.25, -0.2) is 8.42 Å². The van der Waals surface area contributed by atoms with Gasteiger partial charge in [0, 0.05) is 13.1 Å². The zero-order valence-electron chi connectivity index (χ0n) is 13.9. The van der Waals surface area contributed by atoms with Crippen LogP contribution in [-0.2, 0) is 15.4 Å². The minimum absolute atomic E-state index is 0.0465. The smallest absolute Gasteiger partial charge is 0.207 e. The highest BCUT2D eigenvalue weighted by atomic mass is 32.2. The number of hydrogen-bond acceptors (Lipinski definition) is 2. The molecular weight excluding hydrogens is 294 g/mol. The number of sulfonamides is 1. The van der Waals surface area contributed by atoms with Crippen LogP contribution in [0.5, 0.6) is 0 Å². The van der Waals surface area contributed by atoms with E-state index in [0.717, 1.165) is 0 Å². The molecule has 0 amide bonds. The predicted octanol–water partition coefficient (Wildman–Crippen LogP) is 3.79.